The molecule has 0 saturated heterocycles. The van der Waals surface area contributed by atoms with E-state index in [4.69, 9.17) is 10.7 Å². The fourth-order valence-corrected chi connectivity index (χ4v) is 5.24. The SMILES string of the molecule is Nc1ccc2nc(C3C4CCc5ccccc5C43)sc2c1. The van der Waals surface area contributed by atoms with E-state index >= 15 is 0 Å². The van der Waals surface area contributed by atoms with Crippen molar-refractivity contribution < 1.29 is 0 Å². The van der Waals surface area contributed by atoms with Crippen LogP contribution in [0, 0.1) is 5.92 Å². The second-order valence-electron chi connectivity index (χ2n) is 6.23. The van der Waals surface area contributed by atoms with Crippen LogP contribution in [0.4, 0.5) is 5.69 Å². The Morgan fingerprint density at radius 3 is 2.95 bits per heavy atom. The molecular weight excluding hydrogens is 276 g/mol. The number of nitrogens with two attached hydrogens (primary N) is 1. The van der Waals surface area contributed by atoms with E-state index in [1.807, 2.05) is 23.5 Å². The first-order valence-corrected chi connectivity index (χ1v) is 8.37. The highest BCUT2D eigenvalue weighted by atomic mass is 32.1. The maximum atomic E-state index is 5.88. The first-order valence-electron chi connectivity index (χ1n) is 7.55. The summed E-state index contributed by atoms with van der Waals surface area (Å²) in [5.41, 5.74) is 10.9. The van der Waals surface area contributed by atoms with Crippen LogP contribution in [0.5, 0.6) is 0 Å². The van der Waals surface area contributed by atoms with Gasteiger partial charge in [0, 0.05) is 11.6 Å². The van der Waals surface area contributed by atoms with E-state index in [9.17, 15) is 0 Å². The molecular formula is C18H16N2S. The number of aryl methyl sites for hydroxylation is 1. The van der Waals surface area contributed by atoms with E-state index < -0.39 is 0 Å². The third-order valence-corrected chi connectivity index (χ3v) is 6.16. The van der Waals surface area contributed by atoms with Crippen molar-refractivity contribution in [2.45, 2.75) is 24.7 Å². The van der Waals surface area contributed by atoms with Crippen LogP contribution in [0.3, 0.4) is 0 Å². The highest BCUT2D eigenvalue weighted by Gasteiger charge is 2.55. The molecule has 2 aliphatic rings. The van der Waals surface area contributed by atoms with Crippen molar-refractivity contribution >= 4 is 27.2 Å². The predicted molar refractivity (Wildman–Crippen MR) is 87.8 cm³/mol. The maximum Gasteiger partial charge on any atom is 0.0978 e. The van der Waals surface area contributed by atoms with Gasteiger partial charge in [-0.1, -0.05) is 24.3 Å². The second-order valence-corrected chi connectivity index (χ2v) is 7.29. The summed E-state index contributed by atoms with van der Waals surface area (Å²) in [5, 5.41) is 1.31. The number of nitrogens with zero attached hydrogens (tertiary/aromatic N) is 1. The fraction of sp³-hybridized carbons (Fsp3) is 0.278. The molecule has 3 unspecified atom stereocenters. The third kappa shape index (κ3) is 1.67. The standard InChI is InChI=1S/C18H16N2S/c19-11-6-8-14-15(9-11)21-18(20-14)17-13-7-5-10-3-1-2-4-12(10)16(13)17/h1-4,6,8-9,13,16-17H,5,7,19H2. The highest BCUT2D eigenvalue weighted by molar-refractivity contribution is 7.18. The Labute approximate surface area is 127 Å². The second kappa shape index (κ2) is 4.08. The van der Waals surface area contributed by atoms with Gasteiger partial charge in [0.1, 0.15) is 0 Å². The predicted octanol–water partition coefficient (Wildman–Crippen LogP) is 4.32. The molecule has 2 aliphatic carbocycles. The van der Waals surface area contributed by atoms with Crippen LogP contribution in [-0.4, -0.2) is 4.98 Å². The molecule has 2 N–H and O–H groups in total. The summed E-state index contributed by atoms with van der Waals surface area (Å²) >= 11 is 1.83. The van der Waals surface area contributed by atoms with Crippen molar-refractivity contribution in [2.24, 2.45) is 5.92 Å². The Morgan fingerprint density at radius 2 is 2.00 bits per heavy atom. The number of hydrogen-bond donors (Lipinski definition) is 1. The number of fused-ring (bicyclic) bond motifs is 4. The molecule has 1 saturated carbocycles. The molecule has 0 spiro atoms. The van der Waals surface area contributed by atoms with Gasteiger partial charge in [-0.05, 0) is 54.0 Å². The lowest BCUT2D eigenvalue weighted by Gasteiger charge is -2.13. The minimum Gasteiger partial charge on any atom is -0.399 e. The fourth-order valence-electron chi connectivity index (χ4n) is 4.00. The van der Waals surface area contributed by atoms with Crippen LogP contribution in [-0.2, 0) is 6.42 Å². The zero-order valence-electron chi connectivity index (χ0n) is 11.6. The molecule has 0 radical (unpaired) electrons. The van der Waals surface area contributed by atoms with Crippen molar-refractivity contribution in [3.63, 3.8) is 0 Å². The lowest BCUT2D eigenvalue weighted by molar-refractivity contribution is 0.659. The van der Waals surface area contributed by atoms with Gasteiger partial charge in [-0.2, -0.15) is 0 Å². The molecule has 3 atom stereocenters. The van der Waals surface area contributed by atoms with Gasteiger partial charge >= 0.3 is 0 Å². The number of thiazole rings is 1. The van der Waals surface area contributed by atoms with Gasteiger partial charge < -0.3 is 5.73 Å². The van der Waals surface area contributed by atoms with Crippen molar-refractivity contribution in [3.05, 3.63) is 58.6 Å². The largest absolute Gasteiger partial charge is 0.399 e. The summed E-state index contributed by atoms with van der Waals surface area (Å²) in [7, 11) is 0. The summed E-state index contributed by atoms with van der Waals surface area (Å²) in [6, 6.07) is 15.0. The topological polar surface area (TPSA) is 38.9 Å². The smallest absolute Gasteiger partial charge is 0.0978 e. The molecule has 21 heavy (non-hydrogen) atoms. The zero-order chi connectivity index (χ0) is 14.0. The summed E-state index contributed by atoms with van der Waals surface area (Å²) in [4.78, 5) is 4.88. The zero-order valence-corrected chi connectivity index (χ0v) is 12.4. The number of benzene rings is 2. The molecule has 5 rings (SSSR count). The maximum absolute atomic E-state index is 5.88. The lowest BCUT2D eigenvalue weighted by atomic mass is 9.92. The number of aromatic nitrogens is 1. The van der Waals surface area contributed by atoms with Gasteiger partial charge in [0.2, 0.25) is 0 Å². The van der Waals surface area contributed by atoms with E-state index in [0.29, 0.717) is 11.8 Å². The third-order valence-electron chi connectivity index (χ3n) is 5.04. The Kier molecular flexibility index (Phi) is 2.28. The van der Waals surface area contributed by atoms with Crippen molar-refractivity contribution in [1.29, 1.82) is 0 Å². The van der Waals surface area contributed by atoms with Gasteiger partial charge in [0.15, 0.2) is 0 Å². The van der Waals surface area contributed by atoms with Crippen LogP contribution in [0.25, 0.3) is 10.2 Å². The van der Waals surface area contributed by atoms with Crippen molar-refractivity contribution in [1.82, 2.24) is 4.98 Å². The van der Waals surface area contributed by atoms with Crippen LogP contribution in [0.15, 0.2) is 42.5 Å². The minimum absolute atomic E-state index is 0.632. The van der Waals surface area contributed by atoms with Crippen LogP contribution >= 0.6 is 11.3 Å². The lowest BCUT2D eigenvalue weighted by Crippen LogP contribution is -2.00. The molecule has 1 heterocycles. The normalized spacial score (nSPS) is 26.4. The molecule has 1 fully saturated rings. The molecule has 0 bridgehead atoms. The van der Waals surface area contributed by atoms with Gasteiger partial charge in [-0.3, -0.25) is 0 Å². The monoisotopic (exact) mass is 292 g/mol. The average Bonchev–Trinajstić information content (AvgIpc) is 3.11. The van der Waals surface area contributed by atoms with Crippen molar-refractivity contribution in [3.8, 4) is 0 Å². The first kappa shape index (κ1) is 11.8. The summed E-state index contributed by atoms with van der Waals surface area (Å²) in [6.07, 6.45) is 2.54. The summed E-state index contributed by atoms with van der Waals surface area (Å²) < 4.78 is 1.22. The van der Waals surface area contributed by atoms with Gasteiger partial charge in [-0.25, -0.2) is 4.98 Å². The molecule has 2 aromatic carbocycles. The Hall–Kier alpha value is -1.87. The number of anilines is 1. The number of rotatable bonds is 1. The van der Waals surface area contributed by atoms with Crippen LogP contribution < -0.4 is 5.73 Å². The average molecular weight is 292 g/mol. The molecule has 104 valence electrons. The van der Waals surface area contributed by atoms with E-state index in [2.05, 4.69) is 30.3 Å². The van der Waals surface area contributed by atoms with Gasteiger partial charge in [0.25, 0.3) is 0 Å². The Morgan fingerprint density at radius 1 is 1.10 bits per heavy atom. The van der Waals surface area contributed by atoms with E-state index in [-0.39, 0.29) is 0 Å². The minimum atomic E-state index is 0.632. The Bertz CT molecular complexity index is 851. The molecule has 0 amide bonds. The van der Waals surface area contributed by atoms with E-state index in [1.54, 1.807) is 11.1 Å². The van der Waals surface area contributed by atoms with Gasteiger partial charge in [0.05, 0.1) is 15.2 Å². The van der Waals surface area contributed by atoms with Crippen molar-refractivity contribution in [2.75, 3.05) is 5.73 Å². The molecule has 0 aliphatic heterocycles. The van der Waals surface area contributed by atoms with E-state index in [0.717, 1.165) is 17.1 Å². The van der Waals surface area contributed by atoms with Crippen LogP contribution in [0.2, 0.25) is 0 Å². The van der Waals surface area contributed by atoms with E-state index in [1.165, 1.54) is 22.5 Å². The highest BCUT2D eigenvalue weighted by Crippen LogP contribution is 2.65. The quantitative estimate of drug-likeness (QED) is 0.678. The molecule has 2 nitrogen and oxygen atoms in total. The van der Waals surface area contributed by atoms with Crippen LogP contribution in [0.1, 0.15) is 34.4 Å². The first-order chi connectivity index (χ1) is 10.3. The van der Waals surface area contributed by atoms with Gasteiger partial charge in [-0.15, -0.1) is 11.3 Å². The molecule has 1 aromatic heterocycles. The summed E-state index contributed by atoms with van der Waals surface area (Å²) in [6.45, 7) is 0. The molecule has 3 aromatic rings. The number of hydrogen-bond acceptors (Lipinski definition) is 3. The molecule has 3 heteroatoms. The Balaban J connectivity index is 1.57. The summed E-state index contributed by atoms with van der Waals surface area (Å²) in [5.74, 6) is 2.14. The number of nitrogen functional groups attached to an aromatic ring is 1.